The monoisotopic (exact) mass is 389 g/mol. The van der Waals surface area contributed by atoms with Crippen molar-refractivity contribution in [3.05, 3.63) is 69.3 Å². The molecule has 26 heavy (non-hydrogen) atoms. The third-order valence-electron chi connectivity index (χ3n) is 4.02. The van der Waals surface area contributed by atoms with Crippen molar-refractivity contribution in [2.45, 2.75) is 13.2 Å². The zero-order valence-corrected chi connectivity index (χ0v) is 15.0. The Morgan fingerprint density at radius 3 is 2.92 bits per heavy atom. The molecular formula is C19H13Cl2NO4. The van der Waals surface area contributed by atoms with E-state index in [1.165, 1.54) is 6.07 Å². The van der Waals surface area contributed by atoms with E-state index in [-0.39, 0.29) is 18.6 Å². The Morgan fingerprint density at radius 2 is 2.04 bits per heavy atom. The van der Waals surface area contributed by atoms with E-state index >= 15 is 0 Å². The van der Waals surface area contributed by atoms with Crippen molar-refractivity contribution in [2.24, 2.45) is 0 Å². The SMILES string of the molecule is O=C(OCc1cc(Cl)cc2c1OCOC2)c1cc(Cl)nc2ccccc12. The summed E-state index contributed by atoms with van der Waals surface area (Å²) in [5.41, 5.74) is 2.51. The van der Waals surface area contributed by atoms with Gasteiger partial charge in [0.1, 0.15) is 17.5 Å². The van der Waals surface area contributed by atoms with Crippen LogP contribution in [0.3, 0.4) is 0 Å². The normalized spacial score (nSPS) is 13.2. The summed E-state index contributed by atoms with van der Waals surface area (Å²) in [5, 5.41) is 1.44. The molecule has 0 fully saturated rings. The van der Waals surface area contributed by atoms with E-state index in [2.05, 4.69) is 4.98 Å². The van der Waals surface area contributed by atoms with Gasteiger partial charge in [-0.1, -0.05) is 41.4 Å². The summed E-state index contributed by atoms with van der Waals surface area (Å²) in [7, 11) is 0. The van der Waals surface area contributed by atoms with Gasteiger partial charge < -0.3 is 14.2 Å². The Bertz CT molecular complexity index is 1010. The van der Waals surface area contributed by atoms with Crippen LogP contribution in [0, 0.1) is 0 Å². The zero-order chi connectivity index (χ0) is 18.1. The van der Waals surface area contributed by atoms with Crippen LogP contribution >= 0.6 is 23.2 Å². The molecule has 132 valence electrons. The van der Waals surface area contributed by atoms with Crippen LogP contribution in [0.1, 0.15) is 21.5 Å². The quantitative estimate of drug-likeness (QED) is 0.477. The second kappa shape index (κ2) is 7.11. The van der Waals surface area contributed by atoms with E-state index in [1.54, 1.807) is 24.3 Å². The molecule has 1 aromatic heterocycles. The van der Waals surface area contributed by atoms with Crippen molar-refractivity contribution in [1.82, 2.24) is 4.98 Å². The van der Waals surface area contributed by atoms with Crippen LogP contribution < -0.4 is 4.74 Å². The number of carbonyl (C=O) groups is 1. The lowest BCUT2D eigenvalue weighted by Gasteiger charge is -2.21. The topological polar surface area (TPSA) is 57.7 Å². The summed E-state index contributed by atoms with van der Waals surface area (Å²) in [5.74, 6) is 0.150. The van der Waals surface area contributed by atoms with Crippen molar-refractivity contribution in [3.63, 3.8) is 0 Å². The summed E-state index contributed by atoms with van der Waals surface area (Å²) in [6, 6.07) is 12.3. The summed E-state index contributed by atoms with van der Waals surface area (Å²) in [6.45, 7) is 0.581. The second-order valence-electron chi connectivity index (χ2n) is 5.75. The van der Waals surface area contributed by atoms with Gasteiger partial charge in [-0.25, -0.2) is 9.78 Å². The summed E-state index contributed by atoms with van der Waals surface area (Å²) in [4.78, 5) is 16.8. The van der Waals surface area contributed by atoms with E-state index in [4.69, 9.17) is 37.4 Å². The maximum atomic E-state index is 12.6. The van der Waals surface area contributed by atoms with Crippen LogP contribution in [0.25, 0.3) is 10.9 Å². The van der Waals surface area contributed by atoms with Crippen molar-refractivity contribution in [2.75, 3.05) is 6.79 Å². The Labute approximate surface area is 159 Å². The smallest absolute Gasteiger partial charge is 0.339 e. The number of esters is 1. The number of aromatic nitrogens is 1. The molecular weight excluding hydrogens is 377 g/mol. The zero-order valence-electron chi connectivity index (χ0n) is 13.5. The number of ether oxygens (including phenoxy) is 3. The molecule has 0 radical (unpaired) electrons. The second-order valence-corrected chi connectivity index (χ2v) is 6.57. The fraction of sp³-hybridized carbons (Fsp3) is 0.158. The lowest BCUT2D eigenvalue weighted by molar-refractivity contribution is -0.0180. The highest BCUT2D eigenvalue weighted by Crippen LogP contribution is 2.32. The molecule has 1 aliphatic rings. The number of pyridine rings is 1. The van der Waals surface area contributed by atoms with Gasteiger partial charge in [0.05, 0.1) is 17.7 Å². The maximum absolute atomic E-state index is 12.6. The molecule has 2 heterocycles. The highest BCUT2D eigenvalue weighted by molar-refractivity contribution is 6.31. The number of fused-ring (bicyclic) bond motifs is 2. The van der Waals surface area contributed by atoms with Gasteiger partial charge in [-0.15, -0.1) is 0 Å². The molecule has 0 bridgehead atoms. The third kappa shape index (κ3) is 3.33. The van der Waals surface area contributed by atoms with Gasteiger partial charge in [0.25, 0.3) is 0 Å². The number of hydrogen-bond acceptors (Lipinski definition) is 5. The molecule has 0 saturated heterocycles. The number of para-hydroxylation sites is 1. The first-order chi connectivity index (χ1) is 12.6. The molecule has 1 aliphatic heterocycles. The van der Waals surface area contributed by atoms with Gasteiger partial charge in [-0.2, -0.15) is 0 Å². The van der Waals surface area contributed by atoms with Gasteiger partial charge in [0.15, 0.2) is 6.79 Å². The number of halogens is 2. The highest BCUT2D eigenvalue weighted by atomic mass is 35.5. The van der Waals surface area contributed by atoms with Gasteiger partial charge >= 0.3 is 5.97 Å². The Kier molecular flexibility index (Phi) is 4.68. The minimum absolute atomic E-state index is 0.0238. The molecule has 0 N–H and O–H groups in total. The summed E-state index contributed by atoms with van der Waals surface area (Å²) < 4.78 is 16.3. The minimum atomic E-state index is -0.494. The van der Waals surface area contributed by atoms with Gasteiger partial charge in [0, 0.05) is 21.5 Å². The first-order valence-corrected chi connectivity index (χ1v) is 8.61. The molecule has 7 heteroatoms. The molecule has 0 unspecified atom stereocenters. The third-order valence-corrected chi connectivity index (χ3v) is 4.43. The highest BCUT2D eigenvalue weighted by Gasteiger charge is 2.19. The van der Waals surface area contributed by atoms with Crippen molar-refractivity contribution in [1.29, 1.82) is 0 Å². The van der Waals surface area contributed by atoms with Gasteiger partial charge in [-0.05, 0) is 24.3 Å². The molecule has 0 atom stereocenters. The van der Waals surface area contributed by atoms with E-state index < -0.39 is 5.97 Å². The average molecular weight is 390 g/mol. The number of nitrogens with zero attached hydrogens (tertiary/aromatic N) is 1. The fourth-order valence-electron chi connectivity index (χ4n) is 2.90. The van der Waals surface area contributed by atoms with E-state index in [0.717, 1.165) is 5.56 Å². The number of rotatable bonds is 3. The molecule has 5 nitrogen and oxygen atoms in total. The lowest BCUT2D eigenvalue weighted by Crippen LogP contribution is -2.14. The van der Waals surface area contributed by atoms with Crippen LogP contribution in [-0.2, 0) is 22.7 Å². The largest absolute Gasteiger partial charge is 0.467 e. The summed E-state index contributed by atoms with van der Waals surface area (Å²) in [6.07, 6.45) is 0. The summed E-state index contributed by atoms with van der Waals surface area (Å²) >= 11 is 12.2. The van der Waals surface area contributed by atoms with E-state index in [1.807, 2.05) is 12.1 Å². The first kappa shape index (κ1) is 17.1. The Balaban J connectivity index is 1.62. The molecule has 0 aliphatic carbocycles. The van der Waals surface area contributed by atoms with Crippen LogP contribution in [0.5, 0.6) is 5.75 Å². The van der Waals surface area contributed by atoms with Crippen LogP contribution in [0.2, 0.25) is 10.2 Å². The van der Waals surface area contributed by atoms with Crippen LogP contribution in [0.15, 0.2) is 42.5 Å². The molecule has 0 saturated carbocycles. The minimum Gasteiger partial charge on any atom is -0.467 e. The first-order valence-electron chi connectivity index (χ1n) is 7.86. The van der Waals surface area contributed by atoms with Crippen LogP contribution in [0.4, 0.5) is 0 Å². The van der Waals surface area contributed by atoms with Gasteiger partial charge in [-0.3, -0.25) is 0 Å². The van der Waals surface area contributed by atoms with Crippen molar-refractivity contribution in [3.8, 4) is 5.75 Å². The maximum Gasteiger partial charge on any atom is 0.339 e. The lowest BCUT2D eigenvalue weighted by atomic mass is 10.1. The van der Waals surface area contributed by atoms with Gasteiger partial charge in [0.2, 0.25) is 0 Å². The average Bonchev–Trinajstić information content (AvgIpc) is 2.65. The molecule has 4 rings (SSSR count). The number of hydrogen-bond donors (Lipinski definition) is 0. The van der Waals surface area contributed by atoms with Crippen molar-refractivity contribution < 1.29 is 19.0 Å². The predicted octanol–water partition coefficient (Wildman–Crippen LogP) is 4.77. The van der Waals surface area contributed by atoms with Crippen LogP contribution in [-0.4, -0.2) is 17.7 Å². The van der Waals surface area contributed by atoms with E-state index in [9.17, 15) is 4.79 Å². The Morgan fingerprint density at radius 1 is 1.19 bits per heavy atom. The number of benzene rings is 2. The van der Waals surface area contributed by atoms with Crippen molar-refractivity contribution >= 4 is 40.1 Å². The number of carbonyl (C=O) groups excluding carboxylic acids is 1. The van der Waals surface area contributed by atoms with E-state index in [0.29, 0.717) is 39.4 Å². The predicted molar refractivity (Wildman–Crippen MR) is 97.6 cm³/mol. The fourth-order valence-corrected chi connectivity index (χ4v) is 3.36. The molecule has 2 aromatic carbocycles. The molecule has 0 amide bonds. The molecule has 3 aromatic rings. The standard InChI is InChI=1S/C19H13Cl2NO4/c20-13-5-11-8-24-10-26-18(11)12(6-13)9-25-19(23)15-7-17(21)22-16-4-2-1-3-14(15)16/h1-7H,8-10H2. The molecule has 0 spiro atoms. The Hall–Kier alpha value is -2.34.